The third kappa shape index (κ3) is 34.1. The zero-order chi connectivity index (χ0) is 84.6. The van der Waals surface area contributed by atoms with Crippen molar-refractivity contribution in [2.75, 3.05) is 19.7 Å². The summed E-state index contributed by atoms with van der Waals surface area (Å²) >= 11 is 0. The molecule has 0 saturated carbocycles. The van der Waals surface area contributed by atoms with E-state index in [0.717, 1.165) is 12.5 Å². The van der Waals surface area contributed by atoms with Crippen LogP contribution in [0.4, 0.5) is 26.3 Å². The molecule has 2 unspecified atom stereocenters. The quantitative estimate of drug-likeness (QED) is 0.0165. The number of alkyl halides is 6. The van der Waals surface area contributed by atoms with Gasteiger partial charge in [0.15, 0.2) is 24.2 Å². The maximum Gasteiger partial charge on any atom is 0.490 e. The average molecular weight is 1580 g/mol. The summed E-state index contributed by atoms with van der Waals surface area (Å²) in [5, 5.41) is 82.7. The van der Waals surface area contributed by atoms with Crippen molar-refractivity contribution in [2.24, 2.45) is 51.6 Å². The molecule has 11 amide bonds. The number of nitrogens with one attached hydrogen (secondary N) is 10. The van der Waals surface area contributed by atoms with Crippen molar-refractivity contribution < 1.29 is 129 Å². The lowest BCUT2D eigenvalue weighted by molar-refractivity contribution is -0.193. The molecule has 42 heteroatoms. The van der Waals surface area contributed by atoms with E-state index in [1.807, 2.05) is 48.7 Å². The zero-order valence-corrected chi connectivity index (χ0v) is 62.4. The monoisotopic (exact) mass is 1580 g/mol. The highest BCUT2D eigenvalue weighted by atomic mass is 19.4. The highest BCUT2D eigenvalue weighted by molar-refractivity contribution is 6.00. The number of halogens is 6. The summed E-state index contributed by atoms with van der Waals surface area (Å²) in [5.41, 5.74) is 24.6. The minimum Gasteiger partial charge on any atom is -0.475 e. The van der Waals surface area contributed by atoms with Gasteiger partial charge in [0.05, 0.1) is 31.4 Å². The van der Waals surface area contributed by atoms with Gasteiger partial charge in [-0.25, -0.2) is 14.4 Å². The van der Waals surface area contributed by atoms with Crippen LogP contribution >= 0.6 is 0 Å². The van der Waals surface area contributed by atoms with Crippen molar-refractivity contribution in [3.05, 3.63) is 71.3 Å². The summed E-state index contributed by atoms with van der Waals surface area (Å²) in [6.07, 6.45) is -18.5. The third-order valence-electron chi connectivity index (χ3n) is 16.3. The van der Waals surface area contributed by atoms with Crippen LogP contribution in [0.25, 0.3) is 0 Å². The van der Waals surface area contributed by atoms with E-state index in [-0.39, 0.29) is 68.4 Å². The summed E-state index contributed by atoms with van der Waals surface area (Å²) in [6.45, 7) is 15.7. The maximum atomic E-state index is 15.5. The largest absolute Gasteiger partial charge is 0.490 e. The fourth-order valence-corrected chi connectivity index (χ4v) is 10.0. The van der Waals surface area contributed by atoms with Crippen LogP contribution in [-0.2, 0) is 78.3 Å². The maximum absolute atomic E-state index is 15.5. The number of hydrogen-bond donors (Lipinski definition) is 20. The number of esters is 1. The van der Waals surface area contributed by atoms with Gasteiger partial charge in [-0.15, -0.1) is 0 Å². The number of aliphatic hydroxyl groups excluding tert-OH is 4. The van der Waals surface area contributed by atoms with Crippen molar-refractivity contribution >= 4 is 88.8 Å². The zero-order valence-electron chi connectivity index (χ0n) is 62.4. The van der Waals surface area contributed by atoms with Crippen molar-refractivity contribution in [1.82, 2.24) is 53.2 Å². The van der Waals surface area contributed by atoms with E-state index in [1.54, 1.807) is 41.5 Å². The van der Waals surface area contributed by atoms with Crippen molar-refractivity contribution in [1.29, 1.82) is 0 Å². The highest BCUT2D eigenvalue weighted by Gasteiger charge is 2.45. The van der Waals surface area contributed by atoms with Crippen molar-refractivity contribution in [2.45, 2.75) is 218 Å². The van der Waals surface area contributed by atoms with Gasteiger partial charge in [0, 0.05) is 6.54 Å². The predicted octanol–water partition coefficient (Wildman–Crippen LogP) is -2.85. The van der Waals surface area contributed by atoms with Crippen LogP contribution in [-0.4, -0.2) is 230 Å². The van der Waals surface area contributed by atoms with Gasteiger partial charge in [-0.2, -0.15) is 26.3 Å². The molecule has 24 N–H and O–H groups in total. The van der Waals surface area contributed by atoms with Crippen LogP contribution in [0.1, 0.15) is 137 Å². The molecule has 0 bridgehead atoms. The van der Waals surface area contributed by atoms with Crippen LogP contribution in [0.3, 0.4) is 0 Å². The number of carbonyl (C=O) groups excluding carboxylic acids is 12. The molecular formula is C68H103F6N15O21. The van der Waals surface area contributed by atoms with Crippen LogP contribution in [0, 0.1) is 23.7 Å². The first-order valence-electron chi connectivity index (χ1n) is 34.6. The number of hydrogen-bond acceptors (Lipinski definition) is 21. The normalized spacial score (nSPS) is 22.3. The second-order valence-electron chi connectivity index (χ2n) is 27.1. The number of nitrogens with two attached hydrogens (primary N) is 4. The molecule has 0 aromatic heterocycles. The van der Waals surface area contributed by atoms with Gasteiger partial charge in [-0.3, -0.25) is 57.7 Å². The smallest absolute Gasteiger partial charge is 0.475 e. The average Bonchev–Trinajstić information content (AvgIpc) is 0.808. The molecule has 1 aliphatic rings. The number of rotatable bonds is 24. The Morgan fingerprint density at radius 1 is 0.618 bits per heavy atom. The molecule has 0 radical (unpaired) electrons. The molecule has 618 valence electrons. The van der Waals surface area contributed by atoms with Gasteiger partial charge >= 0.3 is 30.3 Å². The first-order valence-corrected chi connectivity index (χ1v) is 34.6. The Morgan fingerprint density at radius 2 is 1.12 bits per heavy atom. The molecule has 2 aromatic carbocycles. The van der Waals surface area contributed by atoms with Crippen LogP contribution in [0.15, 0.2) is 59.6 Å². The SMILES string of the molecule is CC[C@H](C)C1NC(=O)[C@@H](CCCN=C(N)N)NC(=O)[C@H](CC(C)C)NC(=O)[C@H]([C@H](O)C(C)C)NC(=O)[C@@H](NC(=O)[C@H](CC(C)C)NC(=O)[C@H](N)Cc2ccc(C(C)C)cc2)[C@@H](c2ccccc2)OC(=O)[C@H](CO)NC(=O)[C@H]([C@H](O)C(N)=O)NC(=O)CNC(=O)C([C@H](C)O)NC1=O.O=C(O)C(F)(F)F.O=C(O)C(F)(F)F. The number of carboxylic acids is 2. The fraction of sp³-hybridized carbons (Fsp3) is 0.603. The Labute approximate surface area is 629 Å². The standard InChI is InChI=1S/C64H101N15O17.2C2HF3O2/c1-12-34(10)45-59(91)77-46(35(11)81)58(90)70-28-44(82)75-48(51(84)53(66)85)61(93)74-43(29-80)63(95)96-52(38-17-14-13-15-18-38)49(79-57(89)42(26-31(4)5)72-54(86)39(65)27-36-20-22-37(23-21-36)32(6)7)62(94)78-47(50(83)33(8)9)60(92)73-41(25-30(2)3)56(88)71-40(55(87)76-45)19-16-24-69-64(67)68;2*3-2(4,5)1(6)7/h13-15,17-18,20-23,30-35,39-43,45-52,80-81,83-84H,12,16,19,24-29,65H2,1-11H3,(H2,66,85)(H,70,90)(H,71,88)(H,72,86)(H,73,92)(H,74,93)(H,75,82)(H,76,87)(H,77,91)(H,78,94)(H,79,89)(H4,67,68,69);2*(H,6,7)/t34-,35-,39+,40+,41-,42-,43-,45?,46?,47-,48-,49-,50+,51-,52+;;/m0../s1. The van der Waals surface area contributed by atoms with E-state index in [1.165, 1.54) is 44.2 Å². The van der Waals surface area contributed by atoms with Gasteiger partial charge in [-0.05, 0) is 85.3 Å². The third-order valence-corrected chi connectivity index (χ3v) is 16.3. The molecule has 36 nitrogen and oxygen atoms in total. The number of ether oxygens (including phenoxy) is 1. The van der Waals surface area contributed by atoms with Crippen LogP contribution < -0.4 is 76.1 Å². The van der Waals surface area contributed by atoms with Gasteiger partial charge < -0.3 is 111 Å². The minimum absolute atomic E-state index is 0.0364. The summed E-state index contributed by atoms with van der Waals surface area (Å²) in [6, 6.07) is -3.56. The highest BCUT2D eigenvalue weighted by Crippen LogP contribution is 2.26. The lowest BCUT2D eigenvalue weighted by Crippen LogP contribution is -2.64. The first kappa shape index (κ1) is 97.7. The Balaban J connectivity index is 0.00000391. The van der Waals surface area contributed by atoms with E-state index in [9.17, 15) is 94.7 Å². The second kappa shape index (κ2) is 46.2. The second-order valence-corrected chi connectivity index (χ2v) is 27.1. The van der Waals surface area contributed by atoms with Crippen molar-refractivity contribution in [3.63, 3.8) is 0 Å². The van der Waals surface area contributed by atoms with Crippen LogP contribution in [0.2, 0.25) is 0 Å². The summed E-state index contributed by atoms with van der Waals surface area (Å²) < 4.78 is 69.4. The lowest BCUT2D eigenvalue weighted by atomic mass is 9.95. The van der Waals surface area contributed by atoms with Gasteiger partial charge in [0.25, 0.3) is 0 Å². The number of nitrogens with zero attached hydrogens (tertiary/aromatic N) is 1. The summed E-state index contributed by atoms with van der Waals surface area (Å²) in [5.74, 6) is -22.6. The van der Waals surface area contributed by atoms with Crippen LogP contribution in [0.5, 0.6) is 0 Å². The number of benzene rings is 2. The molecule has 1 aliphatic heterocycles. The number of amides is 11. The number of carbonyl (C=O) groups is 14. The van der Waals surface area contributed by atoms with E-state index in [0.29, 0.717) is 5.56 Å². The predicted molar refractivity (Wildman–Crippen MR) is 378 cm³/mol. The molecule has 1 heterocycles. The van der Waals surface area contributed by atoms with E-state index in [2.05, 4.69) is 47.5 Å². The number of aliphatic hydroxyl groups is 4. The minimum atomic E-state index is -5.08. The molecule has 0 aliphatic carbocycles. The number of cyclic esters (lactones) is 1. The molecule has 2 aromatic rings. The molecule has 3 rings (SSSR count). The number of aliphatic imine (C=N–C) groups is 1. The van der Waals surface area contributed by atoms with Gasteiger partial charge in [0.1, 0.15) is 48.3 Å². The van der Waals surface area contributed by atoms with Gasteiger partial charge in [-0.1, -0.05) is 130 Å². The Kier molecular flexibility index (Phi) is 41.1. The molecule has 15 atom stereocenters. The summed E-state index contributed by atoms with van der Waals surface area (Å²) in [7, 11) is 0. The Hall–Kier alpha value is -10.3. The number of primary amides is 1. The topological polar surface area (TPSA) is 606 Å². The van der Waals surface area contributed by atoms with E-state index < -0.39 is 211 Å². The molecule has 1 saturated heterocycles. The Morgan fingerprint density at radius 3 is 1.59 bits per heavy atom. The number of aliphatic carboxylic acids is 2. The van der Waals surface area contributed by atoms with E-state index in [4.69, 9.17) is 47.5 Å². The van der Waals surface area contributed by atoms with Crippen molar-refractivity contribution in [3.8, 4) is 0 Å². The summed E-state index contributed by atoms with van der Waals surface area (Å²) in [4.78, 5) is 193. The molecule has 1 fully saturated rings. The number of guanidine groups is 1. The molecular weight excluding hydrogens is 1480 g/mol. The Bertz CT molecular complexity index is 3440. The van der Waals surface area contributed by atoms with Gasteiger partial charge in [0.2, 0.25) is 65.0 Å². The molecule has 0 spiro atoms. The van der Waals surface area contributed by atoms with E-state index >= 15 is 9.59 Å². The fourth-order valence-electron chi connectivity index (χ4n) is 10.0. The number of carboxylic acid groups (broad SMARTS) is 2. The molecule has 110 heavy (non-hydrogen) atoms. The lowest BCUT2D eigenvalue weighted by Gasteiger charge is -2.33. The first-order chi connectivity index (χ1) is 50.9.